The summed E-state index contributed by atoms with van der Waals surface area (Å²) in [7, 11) is -9.81. The quantitative estimate of drug-likeness (QED) is 0.412. The topological polar surface area (TPSA) is 134 Å². The van der Waals surface area contributed by atoms with E-state index in [0.717, 1.165) is 6.26 Å². The summed E-state index contributed by atoms with van der Waals surface area (Å²) in [6, 6.07) is 0. The van der Waals surface area contributed by atoms with Gasteiger partial charge in [-0.25, -0.2) is 9.13 Å². The van der Waals surface area contributed by atoms with Crippen LogP contribution < -0.4 is 0 Å². The summed E-state index contributed by atoms with van der Waals surface area (Å²) >= 11 is 0. The molecule has 10 heteroatoms. The van der Waals surface area contributed by atoms with E-state index in [9.17, 15) is 9.13 Å². The third-order valence-electron chi connectivity index (χ3n) is 1.18. The fraction of sp³-hybridized carbons (Fsp3) is 0.600. The van der Waals surface area contributed by atoms with Gasteiger partial charge < -0.3 is 19.8 Å². The minimum Gasteiger partial charge on any atom is -0.516 e. The van der Waals surface area contributed by atoms with Crippen LogP contribution in [0.1, 0.15) is 13.3 Å². The number of aliphatic hydroxyl groups is 1. The maximum Gasteiger partial charge on any atom is 0.481 e. The molecule has 1 atom stereocenters. The first-order valence-electron chi connectivity index (χ1n) is 3.70. The van der Waals surface area contributed by atoms with Crippen molar-refractivity contribution < 1.29 is 37.8 Å². The minimum atomic E-state index is -5.06. The molecule has 0 saturated carbocycles. The fourth-order valence-electron chi connectivity index (χ4n) is 0.545. The van der Waals surface area contributed by atoms with Crippen molar-refractivity contribution in [2.75, 3.05) is 6.61 Å². The molecule has 90 valence electrons. The zero-order valence-corrected chi connectivity index (χ0v) is 9.60. The first kappa shape index (κ1) is 14.8. The molecular weight excluding hydrogens is 250 g/mol. The third kappa shape index (κ3) is 8.77. The van der Waals surface area contributed by atoms with Crippen LogP contribution in [-0.4, -0.2) is 26.4 Å². The number of rotatable bonds is 6. The van der Waals surface area contributed by atoms with Gasteiger partial charge in [0.2, 0.25) is 0 Å². The molecule has 0 saturated heterocycles. The Morgan fingerprint density at radius 2 is 1.87 bits per heavy atom. The maximum absolute atomic E-state index is 10.8. The molecule has 0 amide bonds. The van der Waals surface area contributed by atoms with Gasteiger partial charge in [-0.2, -0.15) is 4.31 Å². The van der Waals surface area contributed by atoms with Crippen molar-refractivity contribution in [2.24, 2.45) is 0 Å². The van der Waals surface area contributed by atoms with Gasteiger partial charge in [-0.3, -0.25) is 4.52 Å². The van der Waals surface area contributed by atoms with Gasteiger partial charge in [-0.05, 0) is 18.9 Å². The number of phosphoric acid groups is 2. The molecule has 8 nitrogen and oxygen atoms in total. The summed E-state index contributed by atoms with van der Waals surface area (Å²) < 4.78 is 28.8. The Morgan fingerprint density at radius 1 is 1.33 bits per heavy atom. The minimum absolute atomic E-state index is 0.131. The summed E-state index contributed by atoms with van der Waals surface area (Å²) in [5, 5.41) is 8.45. The van der Waals surface area contributed by atoms with Crippen LogP contribution in [0.25, 0.3) is 0 Å². The Labute approximate surface area is 86.0 Å². The Balaban J connectivity index is 4.06. The molecule has 0 aliphatic carbocycles. The second-order valence-corrected chi connectivity index (χ2v) is 5.43. The molecule has 0 spiro atoms. The van der Waals surface area contributed by atoms with E-state index in [1.54, 1.807) is 0 Å². The molecular formula is C5H12O8P2. The van der Waals surface area contributed by atoms with Crippen LogP contribution >= 0.6 is 15.6 Å². The van der Waals surface area contributed by atoms with E-state index in [1.165, 1.54) is 6.92 Å². The van der Waals surface area contributed by atoms with E-state index in [1.807, 2.05) is 0 Å². The van der Waals surface area contributed by atoms with Gasteiger partial charge in [0.1, 0.15) is 0 Å². The predicted molar refractivity (Wildman–Crippen MR) is 49.9 cm³/mol. The SMILES string of the molecule is C/C(=C\O)CCOP(=O)(O)OP(=O)(O)O. The van der Waals surface area contributed by atoms with Gasteiger partial charge >= 0.3 is 15.6 Å². The average molecular weight is 262 g/mol. The van der Waals surface area contributed by atoms with Gasteiger partial charge in [0.25, 0.3) is 0 Å². The molecule has 0 aliphatic heterocycles. The highest BCUT2D eigenvalue weighted by molar-refractivity contribution is 7.60. The Kier molecular flexibility index (Phi) is 5.69. The van der Waals surface area contributed by atoms with E-state index < -0.39 is 15.6 Å². The molecule has 0 aromatic carbocycles. The highest BCUT2D eigenvalue weighted by Gasteiger charge is 2.31. The summed E-state index contributed by atoms with van der Waals surface area (Å²) in [6.45, 7) is 1.23. The first-order chi connectivity index (χ1) is 6.66. The summed E-state index contributed by atoms with van der Waals surface area (Å²) in [5.41, 5.74) is 0.478. The number of hydrogen-bond donors (Lipinski definition) is 4. The fourth-order valence-corrected chi connectivity index (χ4v) is 2.13. The van der Waals surface area contributed by atoms with Crippen molar-refractivity contribution in [3.8, 4) is 0 Å². The Morgan fingerprint density at radius 3 is 2.27 bits per heavy atom. The third-order valence-corrected chi connectivity index (χ3v) is 3.37. The van der Waals surface area contributed by atoms with Crippen LogP contribution in [0.3, 0.4) is 0 Å². The molecule has 4 N–H and O–H groups in total. The van der Waals surface area contributed by atoms with Gasteiger partial charge in [0.15, 0.2) is 0 Å². The van der Waals surface area contributed by atoms with Crippen LogP contribution in [0.15, 0.2) is 11.8 Å². The standard InChI is InChI=1S/C5H12O8P2/c1-5(4-6)2-3-12-15(10,11)13-14(7,8)9/h4,6H,2-3H2,1H3,(H,10,11)(H2,7,8,9)/b5-4+. The molecule has 0 radical (unpaired) electrons. The largest absolute Gasteiger partial charge is 0.516 e. The molecule has 0 rings (SSSR count). The zero-order valence-electron chi connectivity index (χ0n) is 7.81. The Hall–Kier alpha value is -0.200. The lowest BCUT2D eigenvalue weighted by Crippen LogP contribution is -1.96. The number of phosphoric ester groups is 1. The van der Waals surface area contributed by atoms with Crippen LogP contribution in [0.5, 0.6) is 0 Å². The molecule has 1 unspecified atom stereocenters. The van der Waals surface area contributed by atoms with E-state index in [2.05, 4.69) is 8.83 Å². The van der Waals surface area contributed by atoms with Crippen LogP contribution in [0, 0.1) is 0 Å². The van der Waals surface area contributed by atoms with Crippen LogP contribution in [0.4, 0.5) is 0 Å². The normalized spacial score (nSPS) is 17.5. The highest BCUT2D eigenvalue weighted by atomic mass is 31.3. The van der Waals surface area contributed by atoms with Crippen molar-refractivity contribution in [3.05, 3.63) is 11.8 Å². The first-order valence-corrected chi connectivity index (χ1v) is 6.73. The second kappa shape index (κ2) is 5.77. The van der Waals surface area contributed by atoms with Gasteiger partial charge in [-0.1, -0.05) is 0 Å². The molecule has 15 heavy (non-hydrogen) atoms. The molecule has 0 aromatic heterocycles. The zero-order chi connectivity index (χ0) is 12.1. The average Bonchev–Trinajstić information content (AvgIpc) is 1.98. The summed E-state index contributed by atoms with van der Waals surface area (Å²) in [6.07, 6.45) is 0.918. The van der Waals surface area contributed by atoms with Gasteiger partial charge in [0.05, 0.1) is 12.9 Å². The lowest BCUT2D eigenvalue weighted by atomic mass is 10.2. The van der Waals surface area contributed by atoms with Gasteiger partial charge in [0, 0.05) is 0 Å². The maximum atomic E-state index is 10.8. The monoisotopic (exact) mass is 262 g/mol. The van der Waals surface area contributed by atoms with E-state index in [-0.39, 0.29) is 13.0 Å². The number of aliphatic hydroxyl groups excluding tert-OH is 1. The van der Waals surface area contributed by atoms with Crippen molar-refractivity contribution in [1.82, 2.24) is 0 Å². The summed E-state index contributed by atoms with van der Waals surface area (Å²) in [4.78, 5) is 25.2. The van der Waals surface area contributed by atoms with Crippen molar-refractivity contribution >= 4 is 15.6 Å². The van der Waals surface area contributed by atoms with Crippen molar-refractivity contribution in [2.45, 2.75) is 13.3 Å². The molecule has 0 fully saturated rings. The van der Waals surface area contributed by atoms with Crippen LogP contribution in [-0.2, 0) is 18.0 Å². The van der Waals surface area contributed by atoms with Gasteiger partial charge in [-0.15, -0.1) is 0 Å². The van der Waals surface area contributed by atoms with E-state index in [4.69, 9.17) is 19.8 Å². The molecule has 0 heterocycles. The number of hydrogen-bond acceptors (Lipinski definition) is 5. The molecule has 0 aliphatic rings. The molecule has 0 aromatic rings. The smallest absolute Gasteiger partial charge is 0.481 e. The second-order valence-electron chi connectivity index (χ2n) is 2.60. The van der Waals surface area contributed by atoms with Crippen molar-refractivity contribution in [1.29, 1.82) is 0 Å². The van der Waals surface area contributed by atoms with Crippen LogP contribution in [0.2, 0.25) is 0 Å². The Bertz CT molecular complexity index is 317. The highest BCUT2D eigenvalue weighted by Crippen LogP contribution is 2.57. The van der Waals surface area contributed by atoms with E-state index in [0.29, 0.717) is 5.57 Å². The lowest BCUT2D eigenvalue weighted by molar-refractivity contribution is 0.179. The van der Waals surface area contributed by atoms with E-state index >= 15 is 0 Å². The molecule has 0 bridgehead atoms. The van der Waals surface area contributed by atoms with Crippen molar-refractivity contribution in [3.63, 3.8) is 0 Å². The lowest BCUT2D eigenvalue weighted by Gasteiger charge is -2.11. The predicted octanol–water partition coefficient (Wildman–Crippen LogP) is 1.06. The summed E-state index contributed by atoms with van der Waals surface area (Å²) in [5.74, 6) is 0.